The maximum Gasteiger partial charge on any atom is 0.260 e. The minimum Gasteiger partial charge on any atom is -0.397 e. The van der Waals surface area contributed by atoms with Gasteiger partial charge in [0, 0.05) is 14.5 Å². The number of benzene rings is 2. The van der Waals surface area contributed by atoms with Gasteiger partial charge in [-0.15, -0.1) is 0 Å². The van der Waals surface area contributed by atoms with Crippen molar-refractivity contribution < 1.29 is 4.52 Å². The van der Waals surface area contributed by atoms with Gasteiger partial charge in [0.1, 0.15) is 0 Å². The molecule has 0 unspecified atom stereocenters. The highest BCUT2D eigenvalue weighted by atomic mass is 79.9. The Morgan fingerprint density at radius 2 is 1.90 bits per heavy atom. The van der Waals surface area contributed by atoms with Crippen molar-refractivity contribution in [1.29, 1.82) is 0 Å². The van der Waals surface area contributed by atoms with E-state index >= 15 is 0 Å². The first kappa shape index (κ1) is 14.3. The quantitative estimate of drug-likeness (QED) is 0.617. The molecule has 3 aromatic rings. The predicted octanol–water partition coefficient (Wildman–Crippen LogP) is 4.82. The fourth-order valence-electron chi connectivity index (χ4n) is 1.91. The lowest BCUT2D eigenvalue weighted by atomic mass is 10.1. The topological polar surface area (TPSA) is 64.9 Å². The van der Waals surface area contributed by atoms with Gasteiger partial charge in [-0.3, -0.25) is 0 Å². The van der Waals surface area contributed by atoms with Gasteiger partial charge in [0.2, 0.25) is 5.82 Å². The number of anilines is 1. The van der Waals surface area contributed by atoms with Crippen LogP contribution in [-0.4, -0.2) is 10.1 Å². The molecule has 0 aliphatic carbocycles. The number of hydrogen-bond acceptors (Lipinski definition) is 4. The van der Waals surface area contributed by atoms with E-state index in [0.717, 1.165) is 20.1 Å². The summed E-state index contributed by atoms with van der Waals surface area (Å²) in [6, 6.07) is 11.5. The third kappa shape index (κ3) is 2.73. The van der Waals surface area contributed by atoms with Gasteiger partial charge in [0.25, 0.3) is 5.89 Å². The molecule has 0 aliphatic rings. The minimum absolute atomic E-state index is 0.403. The van der Waals surface area contributed by atoms with E-state index in [4.69, 9.17) is 10.3 Å². The Kier molecular flexibility index (Phi) is 3.82. The highest BCUT2D eigenvalue weighted by Gasteiger charge is 2.14. The first-order chi connectivity index (χ1) is 10.1. The van der Waals surface area contributed by atoms with E-state index in [9.17, 15) is 0 Å². The lowest BCUT2D eigenvalue weighted by Gasteiger charge is -2.02. The molecule has 0 saturated heterocycles. The van der Waals surface area contributed by atoms with Crippen LogP contribution in [0.15, 0.2) is 49.9 Å². The lowest BCUT2D eigenvalue weighted by molar-refractivity contribution is 0.432. The molecule has 1 heterocycles. The average molecular weight is 409 g/mol. The van der Waals surface area contributed by atoms with E-state index in [1.54, 1.807) is 0 Å². The molecule has 0 amide bonds. The van der Waals surface area contributed by atoms with Crippen LogP contribution in [0.1, 0.15) is 5.56 Å². The van der Waals surface area contributed by atoms with E-state index in [1.807, 2.05) is 43.3 Å². The number of aryl methyl sites for hydroxylation is 1. The molecule has 1 aromatic heterocycles. The van der Waals surface area contributed by atoms with Crippen molar-refractivity contribution in [3.8, 4) is 22.8 Å². The van der Waals surface area contributed by atoms with Crippen LogP contribution in [0.5, 0.6) is 0 Å². The molecule has 3 rings (SSSR count). The summed E-state index contributed by atoms with van der Waals surface area (Å²) in [6.07, 6.45) is 0. The zero-order valence-electron chi connectivity index (χ0n) is 11.1. The van der Waals surface area contributed by atoms with E-state index < -0.39 is 0 Å². The molecule has 106 valence electrons. The fourth-order valence-corrected chi connectivity index (χ4v) is 2.65. The number of para-hydroxylation sites is 1. The van der Waals surface area contributed by atoms with Crippen molar-refractivity contribution in [2.24, 2.45) is 0 Å². The van der Waals surface area contributed by atoms with Gasteiger partial charge in [-0.2, -0.15) is 4.98 Å². The van der Waals surface area contributed by atoms with Crippen LogP contribution in [0, 0.1) is 6.92 Å². The molecule has 0 bridgehead atoms. The van der Waals surface area contributed by atoms with Gasteiger partial charge in [0.15, 0.2) is 0 Å². The monoisotopic (exact) mass is 407 g/mol. The zero-order valence-corrected chi connectivity index (χ0v) is 14.3. The first-order valence-corrected chi connectivity index (χ1v) is 7.79. The summed E-state index contributed by atoms with van der Waals surface area (Å²) >= 11 is 6.90. The summed E-state index contributed by atoms with van der Waals surface area (Å²) in [6.45, 7) is 2.03. The number of nitrogens with two attached hydrogens (primary N) is 1. The second-order valence-corrected chi connectivity index (χ2v) is 6.30. The summed E-state index contributed by atoms with van der Waals surface area (Å²) in [5, 5.41) is 4.03. The highest BCUT2D eigenvalue weighted by Crippen LogP contribution is 2.32. The van der Waals surface area contributed by atoms with Crippen molar-refractivity contribution in [3.63, 3.8) is 0 Å². The number of nitrogens with zero attached hydrogens (tertiary/aromatic N) is 2. The lowest BCUT2D eigenvalue weighted by Crippen LogP contribution is -1.91. The van der Waals surface area contributed by atoms with Crippen molar-refractivity contribution in [1.82, 2.24) is 10.1 Å². The van der Waals surface area contributed by atoms with Gasteiger partial charge in [0.05, 0.1) is 11.3 Å². The fraction of sp³-hybridized carbons (Fsp3) is 0.0667. The molecule has 0 aliphatic heterocycles. The highest BCUT2D eigenvalue weighted by molar-refractivity contribution is 9.10. The number of halogens is 2. The van der Waals surface area contributed by atoms with Gasteiger partial charge in [-0.1, -0.05) is 39.3 Å². The van der Waals surface area contributed by atoms with Gasteiger partial charge in [-0.25, -0.2) is 0 Å². The molecule has 0 radical (unpaired) electrons. The summed E-state index contributed by atoms with van der Waals surface area (Å²) in [5.74, 6) is 0.936. The van der Waals surface area contributed by atoms with Crippen LogP contribution in [-0.2, 0) is 0 Å². The Balaban J connectivity index is 2.03. The molecule has 0 spiro atoms. The maximum absolute atomic E-state index is 6.02. The molecule has 6 heteroatoms. The van der Waals surface area contributed by atoms with E-state index in [-0.39, 0.29) is 0 Å². The molecular weight excluding hydrogens is 398 g/mol. The third-order valence-electron chi connectivity index (χ3n) is 3.14. The van der Waals surface area contributed by atoms with Gasteiger partial charge >= 0.3 is 0 Å². The molecular formula is C15H11Br2N3O. The van der Waals surface area contributed by atoms with Crippen LogP contribution in [0.3, 0.4) is 0 Å². The molecule has 0 fully saturated rings. The molecule has 2 N–H and O–H groups in total. The van der Waals surface area contributed by atoms with Gasteiger partial charge < -0.3 is 10.3 Å². The summed E-state index contributed by atoms with van der Waals surface area (Å²) < 4.78 is 7.15. The molecule has 21 heavy (non-hydrogen) atoms. The largest absolute Gasteiger partial charge is 0.397 e. The summed E-state index contributed by atoms with van der Waals surface area (Å²) in [7, 11) is 0. The molecule has 0 saturated carbocycles. The Morgan fingerprint density at radius 3 is 2.67 bits per heavy atom. The second-order valence-electron chi connectivity index (χ2n) is 4.59. The number of nitrogen functional groups attached to an aromatic ring is 1. The van der Waals surface area contributed by atoms with Crippen LogP contribution >= 0.6 is 31.9 Å². The second kappa shape index (κ2) is 5.61. The van der Waals surface area contributed by atoms with Crippen LogP contribution in [0.2, 0.25) is 0 Å². The number of hydrogen-bond donors (Lipinski definition) is 1. The van der Waals surface area contributed by atoms with Crippen molar-refractivity contribution >= 4 is 37.5 Å². The zero-order chi connectivity index (χ0) is 15.0. The van der Waals surface area contributed by atoms with Crippen LogP contribution in [0.4, 0.5) is 5.69 Å². The van der Waals surface area contributed by atoms with E-state index in [0.29, 0.717) is 23.0 Å². The SMILES string of the molecule is Cc1ccc(-c2noc(-c3cccc(Br)c3N)n2)cc1Br. The average Bonchev–Trinajstić information content (AvgIpc) is 2.94. The van der Waals surface area contributed by atoms with Gasteiger partial charge in [-0.05, 0) is 46.6 Å². The predicted molar refractivity (Wildman–Crippen MR) is 89.7 cm³/mol. The van der Waals surface area contributed by atoms with Crippen molar-refractivity contribution in [3.05, 3.63) is 50.9 Å². The minimum atomic E-state index is 0.403. The molecule has 2 aromatic carbocycles. The van der Waals surface area contributed by atoms with Crippen molar-refractivity contribution in [2.45, 2.75) is 6.92 Å². The van der Waals surface area contributed by atoms with Crippen LogP contribution < -0.4 is 5.73 Å². The van der Waals surface area contributed by atoms with E-state index in [1.165, 1.54) is 0 Å². The van der Waals surface area contributed by atoms with Crippen LogP contribution in [0.25, 0.3) is 22.8 Å². The normalized spacial score (nSPS) is 10.8. The van der Waals surface area contributed by atoms with E-state index in [2.05, 4.69) is 42.0 Å². The Bertz CT molecular complexity index is 814. The Hall–Kier alpha value is -1.66. The molecule has 4 nitrogen and oxygen atoms in total. The van der Waals surface area contributed by atoms with Crippen molar-refractivity contribution in [2.75, 3.05) is 5.73 Å². The summed E-state index contributed by atoms with van der Waals surface area (Å²) in [4.78, 5) is 4.42. The Labute approximate surface area is 138 Å². The third-order valence-corrected chi connectivity index (χ3v) is 4.69. The first-order valence-electron chi connectivity index (χ1n) is 6.21. The number of aromatic nitrogens is 2. The Morgan fingerprint density at radius 1 is 1.10 bits per heavy atom. The standard InChI is InChI=1S/C15H11Br2N3O/c1-8-5-6-9(7-12(8)17)14-19-15(21-20-14)10-3-2-4-11(16)13(10)18/h2-7H,18H2,1H3. The molecule has 0 atom stereocenters. The number of rotatable bonds is 2. The maximum atomic E-state index is 6.02. The summed E-state index contributed by atoms with van der Waals surface area (Å²) in [5.41, 5.74) is 9.36. The smallest absolute Gasteiger partial charge is 0.260 e.